The van der Waals surface area contributed by atoms with Crippen molar-refractivity contribution < 1.29 is 28.7 Å². The van der Waals surface area contributed by atoms with Crippen LogP contribution in [0.2, 0.25) is 0 Å². The average Bonchev–Trinajstić information content (AvgIpc) is 2.88. The molecule has 0 aromatic heterocycles. The molecule has 10 heteroatoms. The molecule has 0 aliphatic carbocycles. The van der Waals surface area contributed by atoms with Crippen molar-refractivity contribution in [1.82, 2.24) is 9.80 Å². The van der Waals surface area contributed by atoms with Crippen LogP contribution >= 0.6 is 21.6 Å². The average molecular weight is 617 g/mol. The Morgan fingerprint density at radius 1 is 0.595 bits per heavy atom. The first kappa shape index (κ1) is 35.2. The van der Waals surface area contributed by atoms with Crippen LogP contribution in [-0.4, -0.2) is 69.4 Å². The maximum Gasteiger partial charge on any atom is 0.326 e. The van der Waals surface area contributed by atoms with Gasteiger partial charge in [-0.3, -0.25) is 19.2 Å². The summed E-state index contributed by atoms with van der Waals surface area (Å²) in [5.41, 5.74) is 0.598. The molecule has 42 heavy (non-hydrogen) atoms. The molecule has 0 fully saturated rings. The van der Waals surface area contributed by atoms with E-state index in [1.807, 2.05) is 60.7 Å². The molecule has 2 rings (SSSR count). The molecule has 0 spiro atoms. The number of amides is 2. The molecule has 0 saturated carbocycles. The number of benzene rings is 2. The molecular formula is C32H44N2O6S2. The molecule has 0 atom stereocenters. The predicted octanol–water partition coefficient (Wildman–Crippen LogP) is 5.89. The van der Waals surface area contributed by atoms with E-state index >= 15 is 0 Å². The van der Waals surface area contributed by atoms with Gasteiger partial charge >= 0.3 is 11.9 Å². The van der Waals surface area contributed by atoms with Crippen molar-refractivity contribution in [2.45, 2.75) is 78.7 Å². The van der Waals surface area contributed by atoms with Gasteiger partial charge in [0.2, 0.25) is 11.8 Å². The summed E-state index contributed by atoms with van der Waals surface area (Å²) in [4.78, 5) is 54.1. The van der Waals surface area contributed by atoms with Gasteiger partial charge in [0.15, 0.2) is 0 Å². The number of hydrogen-bond acceptors (Lipinski definition) is 8. The number of rotatable bonds is 15. The molecule has 2 amide bonds. The fourth-order valence-corrected chi connectivity index (χ4v) is 5.78. The molecule has 2 aromatic rings. The Balaban J connectivity index is 1.85. The number of esters is 2. The second-order valence-corrected chi connectivity index (χ2v) is 14.5. The van der Waals surface area contributed by atoms with E-state index in [1.165, 1.54) is 31.4 Å². The maximum absolute atomic E-state index is 13.0. The van der Waals surface area contributed by atoms with Crippen LogP contribution in [0.1, 0.15) is 65.5 Å². The molecule has 0 radical (unpaired) electrons. The second-order valence-electron chi connectivity index (χ2n) is 11.8. The minimum atomic E-state index is -0.633. The molecule has 0 aliphatic rings. The summed E-state index contributed by atoms with van der Waals surface area (Å²) in [7, 11) is 3.01. The first-order chi connectivity index (χ1) is 19.7. The summed E-state index contributed by atoms with van der Waals surface area (Å²) in [6.07, 6.45) is 0.500. The van der Waals surface area contributed by atoms with Crippen LogP contribution in [0, 0.1) is 0 Å². The highest BCUT2D eigenvalue weighted by atomic mass is 33.1. The fourth-order valence-electron chi connectivity index (χ4n) is 3.82. The number of hydrogen-bond donors (Lipinski definition) is 0. The third kappa shape index (κ3) is 15.3. The molecule has 2 aromatic carbocycles. The van der Waals surface area contributed by atoms with Gasteiger partial charge in [-0.2, -0.15) is 0 Å². The molecular weight excluding hydrogens is 572 g/mol. The van der Waals surface area contributed by atoms with Gasteiger partial charge in [0.25, 0.3) is 0 Å². The van der Waals surface area contributed by atoms with Gasteiger partial charge in [-0.25, -0.2) is 0 Å². The van der Waals surface area contributed by atoms with E-state index in [9.17, 15) is 19.2 Å². The first-order valence-electron chi connectivity index (χ1n) is 14.0. The molecule has 0 bridgehead atoms. The second kappa shape index (κ2) is 17.2. The summed E-state index contributed by atoms with van der Waals surface area (Å²) < 4.78 is 10.9. The van der Waals surface area contributed by atoms with E-state index in [1.54, 1.807) is 41.5 Å². The summed E-state index contributed by atoms with van der Waals surface area (Å²) in [6.45, 7) is 11.2. The highest BCUT2D eigenvalue weighted by molar-refractivity contribution is 8.76. The van der Waals surface area contributed by atoms with Crippen LogP contribution in [0.4, 0.5) is 0 Å². The van der Waals surface area contributed by atoms with Gasteiger partial charge in [0, 0.05) is 37.4 Å². The Bertz CT molecular complexity index is 1060. The largest absolute Gasteiger partial charge is 0.459 e. The van der Waals surface area contributed by atoms with E-state index in [4.69, 9.17) is 9.47 Å². The van der Waals surface area contributed by atoms with E-state index in [0.717, 1.165) is 11.1 Å². The minimum Gasteiger partial charge on any atom is -0.459 e. The lowest BCUT2D eigenvalue weighted by Gasteiger charge is -2.25. The SMILES string of the molecule is CC(C)(C)OC(=O)CN(Cc1ccccc1)C(=O)CCSSCCC(=O)N(CC(=O)OC(C)(C)C)Cc1ccccc1. The summed E-state index contributed by atoms with van der Waals surface area (Å²) in [6, 6.07) is 19.1. The minimum absolute atomic E-state index is 0.119. The summed E-state index contributed by atoms with van der Waals surface area (Å²) >= 11 is 0. The fraction of sp³-hybridized carbons (Fsp3) is 0.500. The van der Waals surface area contributed by atoms with Gasteiger partial charge in [0.1, 0.15) is 24.3 Å². The van der Waals surface area contributed by atoms with Crippen molar-refractivity contribution in [3.8, 4) is 0 Å². The van der Waals surface area contributed by atoms with Crippen molar-refractivity contribution in [1.29, 1.82) is 0 Å². The molecule has 0 saturated heterocycles. The number of nitrogens with zero attached hydrogens (tertiary/aromatic N) is 2. The van der Waals surface area contributed by atoms with E-state index in [-0.39, 0.29) is 37.7 Å². The summed E-state index contributed by atoms with van der Waals surface area (Å²) in [5.74, 6) is -0.107. The van der Waals surface area contributed by atoms with Crippen molar-refractivity contribution in [2.75, 3.05) is 24.6 Å². The smallest absolute Gasteiger partial charge is 0.326 e. The van der Waals surface area contributed by atoms with Gasteiger partial charge in [-0.1, -0.05) is 82.3 Å². The van der Waals surface area contributed by atoms with E-state index in [2.05, 4.69) is 0 Å². The highest BCUT2D eigenvalue weighted by Gasteiger charge is 2.24. The van der Waals surface area contributed by atoms with Crippen LogP contribution in [0.3, 0.4) is 0 Å². The standard InChI is InChI=1S/C32H44N2O6S2/c1-31(2,3)39-29(37)23-33(21-25-13-9-7-10-14-25)27(35)17-19-41-42-20-18-28(36)34(22-26-15-11-8-12-16-26)24-30(38)40-32(4,5)6/h7-16H,17-24H2,1-6H3. The first-order valence-corrected chi connectivity index (χ1v) is 16.5. The maximum atomic E-state index is 13.0. The van der Waals surface area contributed by atoms with Gasteiger partial charge < -0.3 is 19.3 Å². The van der Waals surface area contributed by atoms with E-state index < -0.39 is 23.1 Å². The summed E-state index contributed by atoms with van der Waals surface area (Å²) in [5, 5.41) is 0. The van der Waals surface area contributed by atoms with Crippen molar-refractivity contribution >= 4 is 45.3 Å². The lowest BCUT2D eigenvalue weighted by molar-refractivity contribution is -0.159. The van der Waals surface area contributed by atoms with Crippen LogP contribution in [0.5, 0.6) is 0 Å². The Kier molecular flexibility index (Phi) is 14.4. The molecule has 0 aliphatic heterocycles. The van der Waals surface area contributed by atoms with Crippen LogP contribution in [0.25, 0.3) is 0 Å². The van der Waals surface area contributed by atoms with Crippen molar-refractivity contribution in [3.63, 3.8) is 0 Å². The number of carbonyl (C=O) groups is 4. The van der Waals surface area contributed by atoms with Crippen LogP contribution in [0.15, 0.2) is 60.7 Å². The molecule has 0 heterocycles. The number of carbonyl (C=O) groups excluding carboxylic acids is 4. The molecule has 0 N–H and O–H groups in total. The molecule has 0 unspecified atom stereocenters. The zero-order valence-corrected chi connectivity index (χ0v) is 27.2. The van der Waals surface area contributed by atoms with Crippen molar-refractivity contribution in [2.24, 2.45) is 0 Å². The highest BCUT2D eigenvalue weighted by Crippen LogP contribution is 2.24. The Hall–Kier alpha value is -2.98. The molecule has 230 valence electrons. The van der Waals surface area contributed by atoms with Gasteiger partial charge in [-0.15, -0.1) is 0 Å². The Morgan fingerprint density at radius 2 is 0.929 bits per heavy atom. The zero-order chi connectivity index (χ0) is 31.2. The topological polar surface area (TPSA) is 93.2 Å². The number of ether oxygens (including phenoxy) is 2. The zero-order valence-electron chi connectivity index (χ0n) is 25.6. The Morgan fingerprint density at radius 3 is 1.24 bits per heavy atom. The van der Waals surface area contributed by atoms with E-state index in [0.29, 0.717) is 24.6 Å². The third-order valence-corrected chi connectivity index (χ3v) is 7.91. The van der Waals surface area contributed by atoms with Crippen LogP contribution < -0.4 is 0 Å². The monoisotopic (exact) mass is 616 g/mol. The Labute approximate surface area is 258 Å². The van der Waals surface area contributed by atoms with Gasteiger partial charge in [-0.05, 0) is 52.7 Å². The lowest BCUT2D eigenvalue weighted by atomic mass is 10.2. The normalized spacial score (nSPS) is 11.5. The van der Waals surface area contributed by atoms with Crippen molar-refractivity contribution in [3.05, 3.63) is 71.8 Å². The lowest BCUT2D eigenvalue weighted by Crippen LogP contribution is -2.38. The quantitative estimate of drug-likeness (QED) is 0.139. The molecule has 8 nitrogen and oxygen atoms in total. The van der Waals surface area contributed by atoms with Crippen LogP contribution in [-0.2, 0) is 41.7 Å². The predicted molar refractivity (Wildman–Crippen MR) is 170 cm³/mol. The van der Waals surface area contributed by atoms with Gasteiger partial charge in [0.05, 0.1) is 0 Å². The third-order valence-electron chi connectivity index (χ3n) is 5.50.